The molecule has 254 valence electrons. The lowest BCUT2D eigenvalue weighted by molar-refractivity contribution is -0.0651. The first-order valence-electron chi connectivity index (χ1n) is 16.3. The van der Waals surface area contributed by atoms with E-state index in [1.165, 1.54) is 0 Å². The molecule has 4 aromatic rings. The average molecular weight is 692 g/mol. The number of benzene rings is 2. The van der Waals surface area contributed by atoms with E-state index in [-0.39, 0.29) is 11.8 Å². The van der Waals surface area contributed by atoms with E-state index in [0.29, 0.717) is 33.9 Å². The molecule has 0 unspecified atom stereocenters. The first-order valence-corrected chi connectivity index (χ1v) is 17.1. The Labute approximate surface area is 293 Å². The van der Waals surface area contributed by atoms with Crippen LogP contribution < -0.4 is 9.47 Å². The molecule has 2 aromatic carbocycles. The molecule has 0 saturated carbocycles. The Morgan fingerprint density at radius 2 is 1.33 bits per heavy atom. The van der Waals surface area contributed by atoms with Crippen molar-refractivity contribution in [3.8, 4) is 45.3 Å². The van der Waals surface area contributed by atoms with Gasteiger partial charge in [0.2, 0.25) is 5.88 Å². The lowest BCUT2D eigenvalue weighted by Crippen LogP contribution is -2.55. The summed E-state index contributed by atoms with van der Waals surface area (Å²) in [6, 6.07) is 17.8. The minimum atomic E-state index is -0.682. The molecule has 48 heavy (non-hydrogen) atoms. The topological polar surface area (TPSA) is 91.2 Å². The van der Waals surface area contributed by atoms with E-state index in [1.807, 2.05) is 76.2 Å². The number of aliphatic hydroxyl groups is 2. The monoisotopic (exact) mass is 690 g/mol. The number of hydrogen-bond donors (Lipinski definition) is 2. The Morgan fingerprint density at radius 1 is 0.750 bits per heavy atom. The minimum absolute atomic E-state index is 0.253. The number of rotatable bonds is 11. The van der Waals surface area contributed by atoms with Crippen LogP contribution >= 0.6 is 23.2 Å². The van der Waals surface area contributed by atoms with Crippen molar-refractivity contribution >= 4 is 23.2 Å². The summed E-state index contributed by atoms with van der Waals surface area (Å²) in [6.45, 7) is 12.3. The molecule has 4 heterocycles. The Hall–Kier alpha value is -3.24. The first kappa shape index (κ1) is 34.6. The molecule has 6 rings (SSSR count). The summed E-state index contributed by atoms with van der Waals surface area (Å²) >= 11 is 14.2. The van der Waals surface area contributed by atoms with E-state index in [2.05, 4.69) is 20.9 Å². The van der Waals surface area contributed by atoms with Gasteiger partial charge in [0, 0.05) is 90.7 Å². The fourth-order valence-electron chi connectivity index (χ4n) is 6.50. The maximum absolute atomic E-state index is 10.3. The zero-order valence-electron chi connectivity index (χ0n) is 28.4. The second-order valence-corrected chi connectivity index (χ2v) is 14.9. The average Bonchev–Trinajstić information content (AvgIpc) is 2.99. The van der Waals surface area contributed by atoms with Crippen molar-refractivity contribution in [2.45, 2.75) is 52.0 Å². The first-order chi connectivity index (χ1) is 22.8. The molecule has 0 amide bonds. The fourth-order valence-corrected chi connectivity index (χ4v) is 7.15. The maximum atomic E-state index is 10.3. The highest BCUT2D eigenvalue weighted by Crippen LogP contribution is 2.43. The van der Waals surface area contributed by atoms with Gasteiger partial charge in [-0.1, -0.05) is 59.6 Å². The van der Waals surface area contributed by atoms with Gasteiger partial charge in [-0.15, -0.1) is 0 Å². The predicted molar refractivity (Wildman–Crippen MR) is 192 cm³/mol. The highest BCUT2D eigenvalue weighted by atomic mass is 35.5. The van der Waals surface area contributed by atoms with Gasteiger partial charge in [-0.25, -0.2) is 4.98 Å². The van der Waals surface area contributed by atoms with Gasteiger partial charge in [0.05, 0.1) is 46.9 Å². The van der Waals surface area contributed by atoms with E-state index in [4.69, 9.17) is 37.7 Å². The van der Waals surface area contributed by atoms with Crippen LogP contribution in [-0.4, -0.2) is 81.6 Å². The van der Waals surface area contributed by atoms with Gasteiger partial charge in [-0.2, -0.15) is 0 Å². The van der Waals surface area contributed by atoms with Gasteiger partial charge < -0.3 is 19.7 Å². The molecule has 0 radical (unpaired) electrons. The molecule has 0 atom stereocenters. The van der Waals surface area contributed by atoms with Crippen LogP contribution in [0.2, 0.25) is 10.0 Å². The van der Waals surface area contributed by atoms with Gasteiger partial charge in [0.1, 0.15) is 5.75 Å². The molecule has 2 fully saturated rings. The van der Waals surface area contributed by atoms with Crippen molar-refractivity contribution in [2.75, 3.05) is 40.4 Å². The Balaban J connectivity index is 1.23. The molecule has 2 aliphatic rings. The molecule has 2 aliphatic heterocycles. The van der Waals surface area contributed by atoms with E-state index >= 15 is 0 Å². The van der Waals surface area contributed by atoms with E-state index in [1.54, 1.807) is 20.4 Å². The molecule has 2 N–H and O–H groups in total. The van der Waals surface area contributed by atoms with Crippen molar-refractivity contribution in [2.24, 2.45) is 11.8 Å². The number of hydrogen-bond acceptors (Lipinski definition) is 8. The zero-order chi connectivity index (χ0) is 34.4. The van der Waals surface area contributed by atoms with Crippen LogP contribution in [-0.2, 0) is 13.1 Å². The molecule has 2 saturated heterocycles. The van der Waals surface area contributed by atoms with Gasteiger partial charge in [0.15, 0.2) is 0 Å². The van der Waals surface area contributed by atoms with E-state index in [0.717, 1.165) is 71.9 Å². The third-order valence-corrected chi connectivity index (χ3v) is 10.6. The zero-order valence-corrected chi connectivity index (χ0v) is 29.9. The van der Waals surface area contributed by atoms with Crippen LogP contribution in [0.4, 0.5) is 0 Å². The Bertz CT molecular complexity index is 1660. The van der Waals surface area contributed by atoms with Crippen LogP contribution in [0.25, 0.3) is 33.6 Å². The summed E-state index contributed by atoms with van der Waals surface area (Å²) in [6.07, 6.45) is 1.74. The lowest BCUT2D eigenvalue weighted by Gasteiger charge is -2.45. The van der Waals surface area contributed by atoms with Crippen LogP contribution in [0, 0.1) is 11.8 Å². The predicted octanol–water partition coefficient (Wildman–Crippen LogP) is 7.21. The van der Waals surface area contributed by atoms with Gasteiger partial charge >= 0.3 is 0 Å². The van der Waals surface area contributed by atoms with E-state index < -0.39 is 11.2 Å². The van der Waals surface area contributed by atoms with Crippen LogP contribution in [0.3, 0.4) is 0 Å². The van der Waals surface area contributed by atoms with Crippen molar-refractivity contribution in [3.63, 3.8) is 0 Å². The van der Waals surface area contributed by atoms with Crippen molar-refractivity contribution < 1.29 is 19.7 Å². The van der Waals surface area contributed by atoms with Crippen molar-refractivity contribution in [1.29, 1.82) is 0 Å². The fraction of sp³-hybridized carbons (Fsp3) is 0.421. The standard InChI is InChI=1S/C38H44Cl2N4O4/c1-37(2,45)26-19-43(20-26)17-24-11-10-23(16-32(24)47-5)35-34(40)29(14-15-41-35)28-8-7-9-30(33(28)39)31-13-12-25(36(42-31)48-6)18-44-21-27(22-44)38(3,4)46/h7-16,26-27,45-46H,17-22H2,1-6H3. The summed E-state index contributed by atoms with van der Waals surface area (Å²) in [5, 5.41) is 21.6. The highest BCUT2D eigenvalue weighted by molar-refractivity contribution is 6.39. The largest absolute Gasteiger partial charge is 0.496 e. The third-order valence-electron chi connectivity index (χ3n) is 9.85. The number of pyridine rings is 2. The second kappa shape index (κ2) is 13.6. The van der Waals surface area contributed by atoms with E-state index in [9.17, 15) is 10.2 Å². The number of aromatic nitrogens is 2. The molecule has 8 nitrogen and oxygen atoms in total. The normalized spacial score (nSPS) is 16.5. The molecular formula is C38H44Cl2N4O4. The SMILES string of the molecule is COc1cc(-c2nccc(-c3cccc(-c4ccc(CN5CC(C(C)(C)O)C5)c(OC)n4)c3Cl)c2Cl)ccc1CN1CC(C(C)(C)O)C1. The van der Waals surface area contributed by atoms with Gasteiger partial charge in [-0.05, 0) is 45.9 Å². The summed E-state index contributed by atoms with van der Waals surface area (Å²) < 4.78 is 11.5. The summed E-state index contributed by atoms with van der Waals surface area (Å²) in [5.41, 5.74) is 5.16. The van der Waals surface area contributed by atoms with Crippen molar-refractivity contribution in [1.82, 2.24) is 19.8 Å². The lowest BCUT2D eigenvalue weighted by atomic mass is 9.84. The molecule has 0 bridgehead atoms. The molecule has 0 spiro atoms. The van der Waals surface area contributed by atoms with Crippen LogP contribution in [0.5, 0.6) is 11.6 Å². The Morgan fingerprint density at radius 3 is 1.94 bits per heavy atom. The molecular weight excluding hydrogens is 647 g/mol. The van der Waals surface area contributed by atoms with Crippen LogP contribution in [0.15, 0.2) is 60.8 Å². The number of nitrogens with zero attached hydrogens (tertiary/aromatic N) is 4. The number of ether oxygens (including phenoxy) is 2. The smallest absolute Gasteiger partial charge is 0.218 e. The third kappa shape index (κ3) is 7.06. The molecule has 0 aliphatic carbocycles. The Kier molecular flexibility index (Phi) is 9.79. The summed E-state index contributed by atoms with van der Waals surface area (Å²) in [4.78, 5) is 14.1. The number of likely N-dealkylation sites (tertiary alicyclic amines) is 2. The van der Waals surface area contributed by atoms with Gasteiger partial charge in [0.25, 0.3) is 0 Å². The molecule has 10 heteroatoms. The summed E-state index contributed by atoms with van der Waals surface area (Å²) in [5.74, 6) is 1.83. The highest BCUT2D eigenvalue weighted by Gasteiger charge is 2.38. The quantitative estimate of drug-likeness (QED) is 0.171. The van der Waals surface area contributed by atoms with Crippen molar-refractivity contribution in [3.05, 3.63) is 82.0 Å². The molecule has 2 aromatic heterocycles. The minimum Gasteiger partial charge on any atom is -0.496 e. The summed E-state index contributed by atoms with van der Waals surface area (Å²) in [7, 11) is 3.30. The number of halogens is 2. The maximum Gasteiger partial charge on any atom is 0.218 e. The number of methoxy groups -OCH3 is 2. The van der Waals surface area contributed by atoms with Gasteiger partial charge in [-0.3, -0.25) is 14.8 Å². The second-order valence-electron chi connectivity index (χ2n) is 14.2. The van der Waals surface area contributed by atoms with Crippen LogP contribution in [0.1, 0.15) is 38.8 Å².